The van der Waals surface area contributed by atoms with Crippen molar-refractivity contribution in [3.63, 3.8) is 0 Å². The Kier molecular flexibility index (Phi) is 18.0. The smallest absolute Gasteiger partial charge is 0.0995 e. The zero-order valence-electron chi connectivity index (χ0n) is 67.5. The second-order valence-corrected chi connectivity index (χ2v) is 37.9. The van der Waals surface area contributed by atoms with Gasteiger partial charge in [-0.2, -0.15) is 10.5 Å². The van der Waals surface area contributed by atoms with E-state index < -0.39 is 0 Å². The fourth-order valence-electron chi connectivity index (χ4n) is 27.9. The summed E-state index contributed by atoms with van der Waals surface area (Å²) in [6, 6.07) is 54.3. The Bertz CT molecular complexity index is 5280. The Morgan fingerprint density at radius 2 is 0.898 bits per heavy atom. The van der Waals surface area contributed by atoms with Crippen molar-refractivity contribution < 1.29 is 0 Å². The zero-order chi connectivity index (χ0) is 73.8. The maximum atomic E-state index is 11.8. The molecule has 2 aromatic heterocycles. The molecule has 12 unspecified atom stereocenters. The molecule has 0 aliphatic heterocycles. The van der Waals surface area contributed by atoms with E-state index in [1.54, 1.807) is 27.8 Å². The molecule has 556 valence electrons. The van der Waals surface area contributed by atoms with Crippen molar-refractivity contribution in [3.05, 3.63) is 182 Å². The van der Waals surface area contributed by atoms with E-state index in [-0.39, 0.29) is 16.2 Å². The van der Waals surface area contributed by atoms with Crippen molar-refractivity contribution in [3.8, 4) is 67.8 Å². The number of nitrogens with zero attached hydrogens (tertiary/aromatic N) is 3. The minimum Gasteiger partial charge on any atom is -0.308 e. The first-order valence-corrected chi connectivity index (χ1v) is 44.8. The highest BCUT2D eigenvalue weighted by Crippen LogP contribution is 2.69. The van der Waals surface area contributed by atoms with E-state index >= 15 is 0 Å². The van der Waals surface area contributed by atoms with Crippen LogP contribution in [-0.2, 0) is 16.2 Å². The average molecular weight is 1430 g/mol. The van der Waals surface area contributed by atoms with Crippen LogP contribution in [0.4, 0.5) is 0 Å². The third-order valence-corrected chi connectivity index (χ3v) is 32.3. The predicted octanol–water partition coefficient (Wildman–Crippen LogP) is 30.0. The van der Waals surface area contributed by atoms with Gasteiger partial charge in [0.2, 0.25) is 0 Å². The van der Waals surface area contributed by atoms with Gasteiger partial charge in [-0.1, -0.05) is 251 Å². The van der Waals surface area contributed by atoms with Crippen LogP contribution in [0.3, 0.4) is 0 Å². The summed E-state index contributed by atoms with van der Waals surface area (Å²) in [6.45, 7) is 24.8. The third kappa shape index (κ3) is 10.2. The summed E-state index contributed by atoms with van der Waals surface area (Å²) in [6.07, 6.45) is 37.6. The lowest BCUT2D eigenvalue weighted by molar-refractivity contribution is 0.166. The molecule has 4 saturated carbocycles. The second kappa shape index (κ2) is 27.5. The van der Waals surface area contributed by atoms with Crippen molar-refractivity contribution in [1.82, 2.24) is 4.40 Å². The van der Waals surface area contributed by atoms with Gasteiger partial charge in [0, 0.05) is 37.8 Å². The molecular formula is C105H121N3. The molecule has 8 aromatic carbocycles. The van der Waals surface area contributed by atoms with Crippen LogP contribution in [0.25, 0.3) is 93.7 Å². The Morgan fingerprint density at radius 3 is 1.49 bits per heavy atom. The molecular weight excluding hydrogens is 1300 g/mol. The molecule has 3 heteroatoms. The van der Waals surface area contributed by atoms with Gasteiger partial charge in [0.15, 0.2) is 0 Å². The lowest BCUT2D eigenvalue weighted by Gasteiger charge is -2.46. The standard InChI is InChI=1S/C105H121N3/c1-11-19-23-26-32-78(18-8)105(77(17-7)31-25-21-13-3)87-34-28-27-33-79(87)82-41-37-69(55-91(82)105)67-36-40-81-80-39-35-66(52-88(80)103(9,10)89(81)53-67)68-38-42-83-85-58-86-98-92(57-75(61-107)95-84-50-65-44-70(84)51-73(49-65)97(95)98)108-93-56-74(60-106)94-71-45-63-43-64(46-71)48-72(47-63)96(94)99(93)100(102(86)108)101(85)104(90(83)54-68,59-62(15-5)29-22-14-4)76(16-6)30-24-20-12-2/h27-28,33-42,52-58,62-65,70-73,76-78,84H,11-26,29-32,43-51,59H2,1-10H3. The van der Waals surface area contributed by atoms with Crippen molar-refractivity contribution in [2.75, 3.05) is 0 Å². The molecule has 0 N–H and O–H groups in total. The normalized spacial score (nSPS) is 25.6. The van der Waals surface area contributed by atoms with E-state index in [1.165, 1.54) is 301 Å². The van der Waals surface area contributed by atoms with E-state index in [1.807, 2.05) is 0 Å². The average Bonchev–Trinajstić information content (AvgIpc) is 1.48. The molecule has 20 rings (SSSR count). The topological polar surface area (TPSA) is 52.0 Å². The first-order chi connectivity index (χ1) is 52.8. The molecule has 7 bridgehead atoms. The number of hydrogen-bond acceptors (Lipinski definition) is 2. The molecule has 10 aliphatic carbocycles. The van der Waals surface area contributed by atoms with Gasteiger partial charge in [0.25, 0.3) is 0 Å². The Morgan fingerprint density at radius 1 is 0.407 bits per heavy atom. The molecule has 10 aromatic rings. The van der Waals surface area contributed by atoms with Crippen molar-refractivity contribution >= 4 is 38.1 Å². The molecule has 2 heterocycles. The van der Waals surface area contributed by atoms with Crippen LogP contribution in [0.2, 0.25) is 0 Å². The summed E-state index contributed by atoms with van der Waals surface area (Å²) < 4.78 is 2.73. The van der Waals surface area contributed by atoms with Gasteiger partial charge in [-0.15, -0.1) is 0 Å². The van der Waals surface area contributed by atoms with E-state index in [9.17, 15) is 10.5 Å². The molecule has 3 nitrogen and oxygen atoms in total. The fraction of sp³-hybridized carbons (Fsp3) is 0.524. The van der Waals surface area contributed by atoms with Crippen molar-refractivity contribution in [2.24, 2.45) is 47.3 Å². The number of benzene rings is 8. The van der Waals surface area contributed by atoms with Gasteiger partial charge in [-0.3, -0.25) is 0 Å². The monoisotopic (exact) mass is 1420 g/mol. The van der Waals surface area contributed by atoms with E-state index in [0.717, 1.165) is 41.7 Å². The van der Waals surface area contributed by atoms with Crippen LogP contribution in [0, 0.1) is 70.0 Å². The molecule has 0 amide bonds. The minimum absolute atomic E-state index is 0.0201. The predicted molar refractivity (Wildman–Crippen MR) is 454 cm³/mol. The third-order valence-electron chi connectivity index (χ3n) is 32.3. The van der Waals surface area contributed by atoms with Gasteiger partial charge in [-0.25, -0.2) is 0 Å². The molecule has 0 saturated heterocycles. The highest BCUT2D eigenvalue weighted by molar-refractivity contribution is 6.28. The van der Waals surface area contributed by atoms with Crippen LogP contribution in [0.1, 0.15) is 352 Å². The SMILES string of the molecule is CCCCCCC(CC)C1(C(CC)CCCCC)c2ccccc2-c2ccc(-c3ccc4c(c3)C(C)(C)c3cc(-c5ccc6c(c5)C(CC(CC)CCCC)(C(CC)CCCCC)c5c-6cc6c7c8c(c(C#N)cc7n7c9cc(C#N)c%10c(c9c5c67)C5CC6CC(CC%10C6)C5)C5CC6CC8CC5C6)ccc3-4)cc21. The summed E-state index contributed by atoms with van der Waals surface area (Å²) in [4.78, 5) is 0. The maximum absolute atomic E-state index is 11.8. The second-order valence-electron chi connectivity index (χ2n) is 37.9. The van der Waals surface area contributed by atoms with E-state index in [0.29, 0.717) is 53.3 Å². The highest BCUT2D eigenvalue weighted by atomic mass is 14.9. The van der Waals surface area contributed by atoms with Gasteiger partial charge >= 0.3 is 0 Å². The Labute approximate surface area is 647 Å². The first-order valence-electron chi connectivity index (χ1n) is 44.8. The van der Waals surface area contributed by atoms with Crippen LogP contribution >= 0.6 is 0 Å². The van der Waals surface area contributed by atoms with Crippen molar-refractivity contribution in [1.29, 1.82) is 10.5 Å². The van der Waals surface area contributed by atoms with Crippen molar-refractivity contribution in [2.45, 2.75) is 302 Å². The highest BCUT2D eigenvalue weighted by Gasteiger charge is 2.56. The summed E-state index contributed by atoms with van der Waals surface area (Å²) in [7, 11) is 0. The lowest BCUT2D eigenvalue weighted by Crippen LogP contribution is -2.42. The van der Waals surface area contributed by atoms with Gasteiger partial charge < -0.3 is 4.40 Å². The molecule has 10 aliphatic rings. The van der Waals surface area contributed by atoms with Gasteiger partial charge in [0.1, 0.15) is 0 Å². The number of fused-ring (bicyclic) bond motifs is 22. The molecule has 108 heavy (non-hydrogen) atoms. The molecule has 0 radical (unpaired) electrons. The van der Waals surface area contributed by atoms with Gasteiger partial charge in [0.05, 0.1) is 39.8 Å². The van der Waals surface area contributed by atoms with E-state index in [4.69, 9.17) is 0 Å². The lowest BCUT2D eigenvalue weighted by atomic mass is 9.57. The van der Waals surface area contributed by atoms with Crippen LogP contribution in [0.15, 0.2) is 115 Å². The number of rotatable bonds is 27. The number of hydrogen-bond donors (Lipinski definition) is 0. The maximum Gasteiger partial charge on any atom is 0.0995 e. The van der Waals surface area contributed by atoms with Gasteiger partial charge in [-0.05, 0) is 308 Å². The molecule has 0 spiro atoms. The minimum atomic E-state index is -0.275. The van der Waals surface area contributed by atoms with Crippen LogP contribution in [0.5, 0.6) is 0 Å². The number of nitriles is 2. The Balaban J connectivity index is 0.801. The van der Waals surface area contributed by atoms with Crippen LogP contribution < -0.4 is 0 Å². The summed E-state index contributed by atoms with van der Waals surface area (Å²) in [5.41, 5.74) is 34.6. The quantitative estimate of drug-likeness (QED) is 0.0482. The Hall–Kier alpha value is -7.46. The number of unbranched alkanes of at least 4 members (excludes halogenated alkanes) is 8. The van der Waals surface area contributed by atoms with E-state index in [2.05, 4.69) is 201 Å². The zero-order valence-corrected chi connectivity index (χ0v) is 67.5. The fourth-order valence-corrected chi connectivity index (χ4v) is 27.9. The molecule has 4 fully saturated rings. The largest absolute Gasteiger partial charge is 0.308 e. The van der Waals surface area contributed by atoms with Crippen LogP contribution in [-0.4, -0.2) is 4.40 Å². The molecule has 12 atom stereocenters. The first kappa shape index (κ1) is 70.9. The number of aromatic nitrogens is 1. The summed E-state index contributed by atoms with van der Waals surface area (Å²) in [5, 5.41) is 29.3. The summed E-state index contributed by atoms with van der Waals surface area (Å²) in [5.74, 6) is 6.84. The summed E-state index contributed by atoms with van der Waals surface area (Å²) >= 11 is 0.